The summed E-state index contributed by atoms with van der Waals surface area (Å²) in [5, 5.41) is 8.51. The van der Waals surface area contributed by atoms with Crippen LogP contribution in [0.3, 0.4) is 0 Å². The predicted octanol–water partition coefficient (Wildman–Crippen LogP) is 1.84. The van der Waals surface area contributed by atoms with Crippen molar-refractivity contribution in [2.75, 3.05) is 6.54 Å². The van der Waals surface area contributed by atoms with Crippen LogP contribution in [0.4, 0.5) is 0 Å². The van der Waals surface area contributed by atoms with Gasteiger partial charge in [-0.05, 0) is 30.2 Å². The van der Waals surface area contributed by atoms with Gasteiger partial charge in [-0.1, -0.05) is 30.3 Å². The number of hydroxylamine groups is 1. The number of nitrogens with one attached hydrogen (secondary N) is 1. The van der Waals surface area contributed by atoms with Crippen LogP contribution in [0.25, 0.3) is 0 Å². The molecule has 1 saturated carbocycles. The lowest BCUT2D eigenvalue weighted by molar-refractivity contribution is 0.160. The molecule has 2 atom stereocenters. The van der Waals surface area contributed by atoms with E-state index in [1.54, 1.807) is 0 Å². The molecular formula is C11H15NO. The first-order valence-corrected chi connectivity index (χ1v) is 4.81. The lowest BCUT2D eigenvalue weighted by Gasteiger charge is -1.99. The van der Waals surface area contributed by atoms with Crippen molar-refractivity contribution in [2.45, 2.75) is 12.8 Å². The maximum absolute atomic E-state index is 8.51. The first kappa shape index (κ1) is 8.73. The van der Waals surface area contributed by atoms with E-state index in [-0.39, 0.29) is 0 Å². The normalized spacial score (nSPS) is 25.9. The average molecular weight is 177 g/mol. The molecule has 0 saturated heterocycles. The van der Waals surface area contributed by atoms with Gasteiger partial charge in [0.2, 0.25) is 0 Å². The van der Waals surface area contributed by atoms with E-state index < -0.39 is 0 Å². The third-order valence-corrected chi connectivity index (χ3v) is 2.76. The summed E-state index contributed by atoms with van der Waals surface area (Å²) in [6.07, 6.45) is 2.41. The minimum Gasteiger partial charge on any atom is -0.317 e. The van der Waals surface area contributed by atoms with Crippen LogP contribution in [0.2, 0.25) is 0 Å². The molecular weight excluding hydrogens is 162 g/mol. The Morgan fingerprint density at radius 3 is 2.69 bits per heavy atom. The fourth-order valence-electron chi connectivity index (χ4n) is 1.84. The Hall–Kier alpha value is -0.860. The Balaban J connectivity index is 1.81. The van der Waals surface area contributed by atoms with Crippen molar-refractivity contribution < 1.29 is 5.21 Å². The molecule has 1 aliphatic carbocycles. The van der Waals surface area contributed by atoms with Gasteiger partial charge in [0.15, 0.2) is 0 Å². The second kappa shape index (κ2) is 3.90. The van der Waals surface area contributed by atoms with E-state index >= 15 is 0 Å². The van der Waals surface area contributed by atoms with Gasteiger partial charge >= 0.3 is 0 Å². The highest BCUT2D eigenvalue weighted by Gasteiger charge is 2.35. The summed E-state index contributed by atoms with van der Waals surface area (Å²) in [4.78, 5) is 0. The molecule has 0 amide bonds. The van der Waals surface area contributed by atoms with Crippen molar-refractivity contribution in [1.29, 1.82) is 0 Å². The van der Waals surface area contributed by atoms with E-state index in [4.69, 9.17) is 5.21 Å². The zero-order valence-electron chi connectivity index (χ0n) is 7.61. The summed E-state index contributed by atoms with van der Waals surface area (Å²) in [6.45, 7) is 0.748. The van der Waals surface area contributed by atoms with Crippen LogP contribution in [-0.4, -0.2) is 11.8 Å². The second-order valence-electron chi connectivity index (χ2n) is 3.81. The fraction of sp³-hybridized carbons (Fsp3) is 0.455. The van der Waals surface area contributed by atoms with E-state index in [1.165, 1.54) is 12.0 Å². The van der Waals surface area contributed by atoms with Gasteiger partial charge in [-0.25, -0.2) is 5.48 Å². The van der Waals surface area contributed by atoms with Crippen molar-refractivity contribution in [3.63, 3.8) is 0 Å². The lowest BCUT2D eigenvalue weighted by atomic mass is 10.1. The van der Waals surface area contributed by atoms with Crippen LogP contribution in [0.15, 0.2) is 30.3 Å². The van der Waals surface area contributed by atoms with Crippen molar-refractivity contribution >= 4 is 0 Å². The SMILES string of the molecule is ONC[C@@H]1C[C@H]1Cc1ccccc1. The summed E-state index contributed by atoms with van der Waals surface area (Å²) in [6, 6.07) is 10.5. The highest BCUT2D eigenvalue weighted by molar-refractivity contribution is 5.16. The highest BCUT2D eigenvalue weighted by atomic mass is 16.5. The van der Waals surface area contributed by atoms with Crippen LogP contribution >= 0.6 is 0 Å². The largest absolute Gasteiger partial charge is 0.317 e. The number of benzene rings is 1. The van der Waals surface area contributed by atoms with Gasteiger partial charge in [0.25, 0.3) is 0 Å². The van der Waals surface area contributed by atoms with Gasteiger partial charge in [-0.3, -0.25) is 0 Å². The minimum atomic E-state index is 0.685. The molecule has 2 N–H and O–H groups in total. The molecule has 2 nitrogen and oxygen atoms in total. The van der Waals surface area contributed by atoms with Crippen LogP contribution in [0, 0.1) is 11.8 Å². The Bertz CT molecular complexity index is 260. The van der Waals surface area contributed by atoms with Crippen molar-refractivity contribution in [2.24, 2.45) is 11.8 Å². The molecule has 2 rings (SSSR count). The smallest absolute Gasteiger partial charge is 0.0238 e. The van der Waals surface area contributed by atoms with Crippen LogP contribution in [0.1, 0.15) is 12.0 Å². The zero-order valence-corrected chi connectivity index (χ0v) is 7.61. The van der Waals surface area contributed by atoms with E-state index in [1.807, 2.05) is 6.07 Å². The van der Waals surface area contributed by atoms with Crippen LogP contribution in [-0.2, 0) is 6.42 Å². The van der Waals surface area contributed by atoms with Crippen molar-refractivity contribution in [1.82, 2.24) is 5.48 Å². The molecule has 2 heteroatoms. The topological polar surface area (TPSA) is 32.3 Å². The van der Waals surface area contributed by atoms with Crippen molar-refractivity contribution in [3.8, 4) is 0 Å². The fourth-order valence-corrected chi connectivity index (χ4v) is 1.84. The second-order valence-corrected chi connectivity index (χ2v) is 3.81. The van der Waals surface area contributed by atoms with Gasteiger partial charge in [0, 0.05) is 6.54 Å². The van der Waals surface area contributed by atoms with Gasteiger partial charge in [0.1, 0.15) is 0 Å². The summed E-state index contributed by atoms with van der Waals surface area (Å²) in [5.41, 5.74) is 3.66. The third kappa shape index (κ3) is 2.29. The molecule has 0 bridgehead atoms. The van der Waals surface area contributed by atoms with Gasteiger partial charge in [-0.2, -0.15) is 0 Å². The van der Waals surface area contributed by atoms with Gasteiger partial charge in [0.05, 0.1) is 0 Å². The molecule has 0 aromatic heterocycles. The summed E-state index contributed by atoms with van der Waals surface area (Å²) in [7, 11) is 0. The van der Waals surface area contributed by atoms with E-state index in [2.05, 4.69) is 29.7 Å². The molecule has 0 unspecified atom stereocenters. The third-order valence-electron chi connectivity index (χ3n) is 2.76. The summed E-state index contributed by atoms with van der Waals surface area (Å²) >= 11 is 0. The Kier molecular flexibility index (Phi) is 2.62. The lowest BCUT2D eigenvalue weighted by Crippen LogP contribution is -2.11. The molecule has 0 heterocycles. The molecule has 0 aliphatic heterocycles. The Morgan fingerprint density at radius 2 is 2.00 bits per heavy atom. The van der Waals surface area contributed by atoms with Gasteiger partial charge in [-0.15, -0.1) is 0 Å². The monoisotopic (exact) mass is 177 g/mol. The van der Waals surface area contributed by atoms with Crippen molar-refractivity contribution in [3.05, 3.63) is 35.9 Å². The maximum atomic E-state index is 8.51. The summed E-state index contributed by atoms with van der Waals surface area (Å²) < 4.78 is 0. The molecule has 1 fully saturated rings. The Morgan fingerprint density at radius 1 is 1.23 bits per heavy atom. The van der Waals surface area contributed by atoms with E-state index in [0.717, 1.165) is 18.9 Å². The first-order chi connectivity index (χ1) is 6.40. The maximum Gasteiger partial charge on any atom is 0.0238 e. The Labute approximate surface area is 78.5 Å². The van der Waals surface area contributed by atoms with Crippen LogP contribution in [0.5, 0.6) is 0 Å². The molecule has 0 radical (unpaired) electrons. The molecule has 1 aromatic carbocycles. The zero-order chi connectivity index (χ0) is 9.10. The molecule has 13 heavy (non-hydrogen) atoms. The standard InChI is InChI=1S/C11H15NO/c13-12-8-11-7-10(11)6-9-4-2-1-3-5-9/h1-5,10-13H,6-8H2/t10-,11+/m1/s1. The number of rotatable bonds is 4. The molecule has 1 aliphatic rings. The molecule has 1 aromatic rings. The van der Waals surface area contributed by atoms with Gasteiger partial charge < -0.3 is 5.21 Å². The predicted molar refractivity (Wildman–Crippen MR) is 51.5 cm³/mol. The molecule has 70 valence electrons. The highest BCUT2D eigenvalue weighted by Crippen LogP contribution is 2.40. The van der Waals surface area contributed by atoms with Crippen LogP contribution < -0.4 is 5.48 Å². The number of hydrogen-bond donors (Lipinski definition) is 2. The van der Waals surface area contributed by atoms with E-state index in [9.17, 15) is 0 Å². The quantitative estimate of drug-likeness (QED) is 0.688. The minimum absolute atomic E-state index is 0.685. The number of hydrogen-bond acceptors (Lipinski definition) is 2. The molecule has 0 spiro atoms. The first-order valence-electron chi connectivity index (χ1n) is 4.81. The average Bonchev–Trinajstić information content (AvgIpc) is 2.86. The van der Waals surface area contributed by atoms with E-state index in [0.29, 0.717) is 5.92 Å². The summed E-state index contributed by atoms with van der Waals surface area (Å²) in [5.74, 6) is 1.47.